The van der Waals surface area contributed by atoms with Crippen LogP contribution in [0.15, 0.2) is 10.7 Å². The van der Waals surface area contributed by atoms with Crippen LogP contribution >= 0.6 is 11.6 Å². The minimum absolute atomic E-state index is 0.0926. The first-order chi connectivity index (χ1) is 3.55. The second-order valence-corrected chi connectivity index (χ2v) is 1.74. The highest BCUT2D eigenvalue weighted by Crippen LogP contribution is 2.01. The summed E-state index contributed by atoms with van der Waals surface area (Å²) in [6.07, 6.45) is 0. The van der Waals surface area contributed by atoms with Crippen molar-refractivity contribution in [2.24, 2.45) is 11.5 Å². The molecule has 0 aromatic heterocycles. The Morgan fingerprint density at radius 2 is 1.88 bits per heavy atom. The Hall–Kier alpha value is -0.700. The summed E-state index contributed by atoms with van der Waals surface area (Å²) in [4.78, 5) is 10.1. The van der Waals surface area contributed by atoms with E-state index in [9.17, 15) is 4.79 Å². The third-order valence-electron chi connectivity index (χ3n) is 0.563. The Kier molecular flexibility index (Phi) is 2.34. The average molecular weight is 135 g/mol. The van der Waals surface area contributed by atoms with Gasteiger partial charge in [0.1, 0.15) is 5.03 Å². The highest BCUT2D eigenvalue weighted by atomic mass is 35.5. The van der Waals surface area contributed by atoms with Gasteiger partial charge in [0.25, 0.3) is 5.91 Å². The summed E-state index contributed by atoms with van der Waals surface area (Å²) in [5.74, 6) is -0.688. The smallest absolute Gasteiger partial charge is 0.261 e. The molecule has 0 saturated heterocycles. The van der Waals surface area contributed by atoms with Crippen LogP contribution in [0.3, 0.4) is 0 Å². The molecular weight excluding hydrogens is 128 g/mol. The molecule has 4 heteroatoms. The standard InChI is InChI=1S/C4H7ClN2O/c1-2(6)3(5)4(7)8/h6H2,1H3,(H2,7,8). The van der Waals surface area contributed by atoms with E-state index in [1.54, 1.807) is 0 Å². The summed E-state index contributed by atoms with van der Waals surface area (Å²) in [6, 6.07) is 0. The number of hydrogen-bond acceptors (Lipinski definition) is 2. The zero-order valence-electron chi connectivity index (χ0n) is 4.44. The van der Waals surface area contributed by atoms with Gasteiger partial charge in [0, 0.05) is 5.70 Å². The number of carbonyl (C=O) groups excluding carboxylic acids is 1. The summed E-state index contributed by atoms with van der Waals surface area (Å²) in [5, 5.41) is -0.0926. The molecule has 0 saturated carbocycles. The molecule has 4 N–H and O–H groups in total. The van der Waals surface area contributed by atoms with Gasteiger partial charge in [-0.15, -0.1) is 0 Å². The number of primary amides is 1. The zero-order chi connectivity index (χ0) is 6.73. The van der Waals surface area contributed by atoms with Crippen LogP contribution in [-0.4, -0.2) is 5.91 Å². The minimum atomic E-state index is -0.688. The normalized spacial score (nSPS) is 12.8. The molecule has 1 amide bonds. The van der Waals surface area contributed by atoms with Crippen molar-refractivity contribution in [3.8, 4) is 0 Å². The molecule has 0 fully saturated rings. The van der Waals surface area contributed by atoms with E-state index in [1.807, 2.05) is 0 Å². The van der Waals surface area contributed by atoms with E-state index in [0.717, 1.165) is 0 Å². The molecule has 0 atom stereocenters. The van der Waals surface area contributed by atoms with E-state index in [1.165, 1.54) is 6.92 Å². The Morgan fingerprint density at radius 3 is 1.88 bits per heavy atom. The van der Waals surface area contributed by atoms with Gasteiger partial charge in [0.05, 0.1) is 0 Å². The largest absolute Gasteiger partial charge is 0.401 e. The minimum Gasteiger partial charge on any atom is -0.401 e. The van der Waals surface area contributed by atoms with Crippen molar-refractivity contribution in [2.75, 3.05) is 0 Å². The van der Waals surface area contributed by atoms with Crippen molar-refractivity contribution in [3.63, 3.8) is 0 Å². The van der Waals surface area contributed by atoms with Gasteiger partial charge in [-0.25, -0.2) is 0 Å². The third kappa shape index (κ3) is 1.84. The SMILES string of the molecule is CC(N)=C(Cl)C(N)=O. The fourth-order valence-electron chi connectivity index (χ4n) is 0.194. The molecule has 0 aromatic carbocycles. The summed E-state index contributed by atoms with van der Waals surface area (Å²) < 4.78 is 0. The second-order valence-electron chi connectivity index (χ2n) is 1.36. The highest BCUT2D eigenvalue weighted by Gasteiger charge is 2.00. The average Bonchev–Trinajstić information content (AvgIpc) is 1.64. The molecule has 0 heterocycles. The van der Waals surface area contributed by atoms with E-state index < -0.39 is 5.91 Å². The lowest BCUT2D eigenvalue weighted by atomic mass is 10.4. The molecule has 0 aliphatic carbocycles. The van der Waals surface area contributed by atoms with Crippen molar-refractivity contribution >= 4 is 17.5 Å². The fraction of sp³-hybridized carbons (Fsp3) is 0.250. The maximum absolute atomic E-state index is 10.1. The second kappa shape index (κ2) is 2.57. The van der Waals surface area contributed by atoms with Crippen molar-refractivity contribution in [3.05, 3.63) is 10.7 Å². The van der Waals surface area contributed by atoms with Crippen LogP contribution in [0.25, 0.3) is 0 Å². The topological polar surface area (TPSA) is 69.1 Å². The Morgan fingerprint density at radius 1 is 1.50 bits per heavy atom. The van der Waals surface area contributed by atoms with E-state index >= 15 is 0 Å². The van der Waals surface area contributed by atoms with Crippen molar-refractivity contribution in [1.29, 1.82) is 0 Å². The van der Waals surface area contributed by atoms with Crippen LogP contribution in [0, 0.1) is 0 Å². The van der Waals surface area contributed by atoms with E-state index in [0.29, 0.717) is 0 Å². The van der Waals surface area contributed by atoms with E-state index in [4.69, 9.17) is 23.1 Å². The molecule has 0 aliphatic rings. The van der Waals surface area contributed by atoms with Crippen LogP contribution in [-0.2, 0) is 4.79 Å². The maximum Gasteiger partial charge on any atom is 0.261 e. The lowest BCUT2D eigenvalue weighted by Gasteiger charge is -1.91. The maximum atomic E-state index is 10.1. The first-order valence-electron chi connectivity index (χ1n) is 1.97. The number of rotatable bonds is 1. The molecule has 3 nitrogen and oxygen atoms in total. The van der Waals surface area contributed by atoms with Gasteiger partial charge in [-0.05, 0) is 6.92 Å². The molecule has 0 rings (SSSR count). The molecule has 46 valence electrons. The van der Waals surface area contributed by atoms with E-state index in [2.05, 4.69) is 0 Å². The highest BCUT2D eigenvalue weighted by molar-refractivity contribution is 6.42. The first kappa shape index (κ1) is 7.30. The number of hydrogen-bond donors (Lipinski definition) is 2. The molecule has 0 radical (unpaired) electrons. The van der Waals surface area contributed by atoms with Crippen LogP contribution < -0.4 is 11.5 Å². The molecule has 0 unspecified atom stereocenters. The van der Waals surface area contributed by atoms with Gasteiger partial charge in [0.15, 0.2) is 0 Å². The number of nitrogens with two attached hydrogens (primary N) is 2. The van der Waals surface area contributed by atoms with Crippen LogP contribution in [0.1, 0.15) is 6.92 Å². The lowest BCUT2D eigenvalue weighted by molar-refractivity contribution is -0.114. The van der Waals surface area contributed by atoms with E-state index in [-0.39, 0.29) is 10.7 Å². The summed E-state index contributed by atoms with van der Waals surface area (Å²) in [5.41, 5.74) is 10.1. The van der Waals surface area contributed by atoms with Crippen LogP contribution in [0.2, 0.25) is 0 Å². The van der Waals surface area contributed by atoms with Crippen molar-refractivity contribution in [1.82, 2.24) is 0 Å². The van der Waals surface area contributed by atoms with Crippen LogP contribution in [0.4, 0.5) is 0 Å². The summed E-state index contributed by atoms with van der Waals surface area (Å²) >= 11 is 5.23. The summed E-state index contributed by atoms with van der Waals surface area (Å²) in [6.45, 7) is 1.51. The third-order valence-corrected chi connectivity index (χ3v) is 1.05. The zero-order valence-corrected chi connectivity index (χ0v) is 5.20. The molecule has 0 bridgehead atoms. The molecular formula is C4H7ClN2O. The van der Waals surface area contributed by atoms with Gasteiger partial charge in [0.2, 0.25) is 0 Å². The molecule has 0 aliphatic heterocycles. The summed E-state index contributed by atoms with van der Waals surface area (Å²) in [7, 11) is 0. The van der Waals surface area contributed by atoms with Gasteiger partial charge in [-0.2, -0.15) is 0 Å². The van der Waals surface area contributed by atoms with Gasteiger partial charge >= 0.3 is 0 Å². The monoisotopic (exact) mass is 134 g/mol. The van der Waals surface area contributed by atoms with Crippen molar-refractivity contribution < 1.29 is 4.79 Å². The molecule has 0 aromatic rings. The number of amides is 1. The molecule has 0 spiro atoms. The fourth-order valence-corrected chi connectivity index (χ4v) is 0.194. The van der Waals surface area contributed by atoms with Crippen molar-refractivity contribution in [2.45, 2.75) is 6.92 Å². The van der Waals surface area contributed by atoms with Gasteiger partial charge in [-0.3, -0.25) is 4.79 Å². The Labute approximate surface area is 52.3 Å². The van der Waals surface area contributed by atoms with Gasteiger partial charge in [-0.1, -0.05) is 11.6 Å². The first-order valence-corrected chi connectivity index (χ1v) is 2.35. The number of halogens is 1. The van der Waals surface area contributed by atoms with Crippen LogP contribution in [0.5, 0.6) is 0 Å². The van der Waals surface area contributed by atoms with Gasteiger partial charge < -0.3 is 11.5 Å². The quantitative estimate of drug-likeness (QED) is 0.492. The Bertz CT molecular complexity index is 137. The number of carbonyl (C=O) groups is 1. The number of allylic oxidation sites excluding steroid dienone is 1. The molecule has 8 heavy (non-hydrogen) atoms. The lowest BCUT2D eigenvalue weighted by Crippen LogP contribution is -2.13. The Balaban J connectivity index is 4.23. The predicted octanol–water partition coefficient (Wildman–Crippen LogP) is -0.0993. The predicted molar refractivity (Wildman–Crippen MR) is 31.9 cm³/mol.